The molecule has 9 amide bonds. The molecule has 12 rings (SSSR count). The lowest BCUT2D eigenvalue weighted by molar-refractivity contribution is -0.144. The van der Waals surface area contributed by atoms with Crippen LogP contribution in [0.3, 0.4) is 0 Å². The highest BCUT2D eigenvalue weighted by atomic mass is 32.1. The number of nitrogens with zero attached hydrogens (tertiary/aromatic N) is 6. The smallest absolute Gasteiger partial charge is 0.408 e. The summed E-state index contributed by atoms with van der Waals surface area (Å²) in [6.45, 7) is 18.7. The van der Waals surface area contributed by atoms with Crippen LogP contribution < -0.4 is 51.9 Å². The van der Waals surface area contributed by atoms with Gasteiger partial charge in [0.05, 0.1) is 41.9 Å². The molecule has 27 heteroatoms. The molecule has 2 saturated heterocycles. The zero-order valence-corrected chi connectivity index (χ0v) is 64.5. The fourth-order valence-corrected chi connectivity index (χ4v) is 15.0. The van der Waals surface area contributed by atoms with Crippen LogP contribution >= 0.6 is 22.7 Å². The standard InChI is InChI=1S/C40H48N6O6S.C30H31N5O3S.C10H19NO4/c1-7-40(5,43-38(51)52-39(2,3)4)37(50)42-29(21-27-23-44(6)31-14-9-8-13-28(27)31)35(48)41-30-20-26-12-10-15-32(45-18-11-16-33(45)47)34(26)46(36(30)49)22-25-17-19-53-24-25;1-33-17-21(22-7-2-3-8-25(22)33)14-23(31)29(37)32-24-15-20-6-4-9-26(34-12-5-10-27(34)36)28(20)35(30(24)38)16-19-11-13-39-18-19;1-6-10(5,7(12)13)11-8(14)15-9(2,3)4/h8-10,12-15,17,19,23-24,29-30H,7,11,16,18,20-22H2,1-6H3,(H,41,48)(H,42,50)(H,43,51);2-4,6-9,11,13,17-18,23-24H,5,10,12,14-16,31H2,1H3,(H,32,37);6H2,1-5H3,(H,11,14)(H,12,13)/t29-,30?,40+;23-,24?;10-/m110/s1. The monoisotopic (exact) mass is 1500 g/mol. The van der Waals surface area contributed by atoms with Gasteiger partial charge in [-0.15, -0.1) is 0 Å². The van der Waals surface area contributed by atoms with Crippen molar-refractivity contribution in [1.29, 1.82) is 0 Å². The van der Waals surface area contributed by atoms with E-state index in [-0.39, 0.29) is 55.3 Å². The van der Waals surface area contributed by atoms with E-state index in [1.54, 1.807) is 93.3 Å². The summed E-state index contributed by atoms with van der Waals surface area (Å²) in [5, 5.41) is 32.7. The van der Waals surface area contributed by atoms with Crippen LogP contribution in [0.15, 0.2) is 131 Å². The second kappa shape index (κ2) is 33.2. The number of fused-ring (bicyclic) bond motifs is 4. The molecule has 4 aliphatic heterocycles. The first-order valence-electron chi connectivity index (χ1n) is 36.2. The first-order valence-corrected chi connectivity index (χ1v) is 38.0. The van der Waals surface area contributed by atoms with E-state index in [1.165, 1.54) is 18.3 Å². The highest BCUT2D eigenvalue weighted by Crippen LogP contribution is 2.42. The molecule has 6 atom stereocenters. The summed E-state index contributed by atoms with van der Waals surface area (Å²) in [5.74, 6) is -2.95. The predicted octanol–water partition coefficient (Wildman–Crippen LogP) is 10.6. The lowest BCUT2D eigenvalue weighted by atomic mass is 9.94. The van der Waals surface area contributed by atoms with Crippen LogP contribution in [0, 0.1) is 0 Å². The van der Waals surface area contributed by atoms with Crippen molar-refractivity contribution >= 4 is 127 Å². The molecule has 0 bridgehead atoms. The fourth-order valence-electron chi connectivity index (χ4n) is 13.7. The molecule has 25 nitrogen and oxygen atoms in total. The SMILES string of the molecule is CC[C@](C)(NC(=O)OC(C)(C)C)C(=O)N[C@H](Cc1cn(C)c2ccccc12)C(=O)NC1Cc2cccc(N3CCCC3=O)c2N(Cc2ccsc2)C1=O.CC[C@](C)(NC(=O)OC(C)(C)C)C(=O)O.Cn1cc(C[C@@H](N)C(=O)NC2Cc3cccc(N4CCCC4=O)c3N(Cc3ccsc3)C2=O)c2ccccc21. The molecule has 4 aromatic carbocycles. The van der Waals surface area contributed by atoms with Crippen molar-refractivity contribution in [2.24, 2.45) is 19.8 Å². The Morgan fingerprint density at radius 1 is 0.570 bits per heavy atom. The van der Waals surface area contributed by atoms with Crippen LogP contribution in [0.25, 0.3) is 21.8 Å². The van der Waals surface area contributed by atoms with E-state index in [1.807, 2.05) is 154 Å². The third kappa shape index (κ3) is 18.7. The number of aromatic nitrogens is 2. The van der Waals surface area contributed by atoms with Gasteiger partial charge < -0.3 is 75.6 Å². The molecule has 0 spiro atoms. The van der Waals surface area contributed by atoms with Gasteiger partial charge >= 0.3 is 18.2 Å². The van der Waals surface area contributed by atoms with Crippen molar-refractivity contribution in [1.82, 2.24) is 35.7 Å². The minimum absolute atomic E-state index is 0.0176. The van der Waals surface area contributed by atoms with Gasteiger partial charge in [0.1, 0.15) is 40.4 Å². The Morgan fingerprint density at radius 3 is 1.40 bits per heavy atom. The van der Waals surface area contributed by atoms with Crippen molar-refractivity contribution < 1.29 is 62.5 Å². The number of carboxylic acids is 1. The van der Waals surface area contributed by atoms with Crippen molar-refractivity contribution in [3.05, 3.63) is 164 Å². The number of rotatable bonds is 21. The second-order valence-corrected chi connectivity index (χ2v) is 31.6. The van der Waals surface area contributed by atoms with Gasteiger partial charge in [0.2, 0.25) is 41.4 Å². The van der Waals surface area contributed by atoms with E-state index >= 15 is 0 Å². The number of alkyl carbamates (subject to hydrolysis) is 2. The Bertz CT molecular complexity index is 4630. The largest absolute Gasteiger partial charge is 0.480 e. The Balaban J connectivity index is 0.000000198. The third-order valence-corrected chi connectivity index (χ3v) is 21.1. The number of benzene rings is 4. The van der Waals surface area contributed by atoms with Gasteiger partial charge in [-0.1, -0.05) is 74.5 Å². The highest BCUT2D eigenvalue weighted by Gasteiger charge is 2.43. The van der Waals surface area contributed by atoms with E-state index in [0.717, 1.165) is 79.4 Å². The maximum absolute atomic E-state index is 14.5. The summed E-state index contributed by atoms with van der Waals surface area (Å²) >= 11 is 3.10. The van der Waals surface area contributed by atoms with Crippen LogP contribution in [0.4, 0.5) is 32.3 Å². The number of anilines is 4. The molecule has 0 radical (unpaired) electrons. The molecule has 4 aliphatic rings. The maximum atomic E-state index is 14.5. The van der Waals surface area contributed by atoms with Crippen LogP contribution in [-0.2, 0) is 101 Å². The van der Waals surface area contributed by atoms with Gasteiger partial charge in [-0.25, -0.2) is 14.4 Å². The number of amides is 9. The zero-order chi connectivity index (χ0) is 77.4. The van der Waals surface area contributed by atoms with Gasteiger partial charge in [-0.2, -0.15) is 22.7 Å². The second-order valence-electron chi connectivity index (χ2n) is 30.0. The number of carboxylic acid groups (broad SMARTS) is 1. The minimum atomic E-state index is -1.40. The maximum Gasteiger partial charge on any atom is 0.408 e. The number of aliphatic carboxylic acids is 1. The summed E-state index contributed by atoms with van der Waals surface area (Å²) in [6, 6.07) is 27.7. The number of aryl methyl sites for hydroxylation is 2. The minimum Gasteiger partial charge on any atom is -0.480 e. The van der Waals surface area contributed by atoms with Gasteiger partial charge in [0.15, 0.2) is 0 Å². The third-order valence-electron chi connectivity index (χ3n) is 19.6. The summed E-state index contributed by atoms with van der Waals surface area (Å²) in [6.07, 6.45) is 6.53. The van der Waals surface area contributed by atoms with Crippen LogP contribution in [0.1, 0.15) is 141 Å². The summed E-state index contributed by atoms with van der Waals surface area (Å²) in [7, 11) is 3.89. The molecule has 0 aliphatic carbocycles. The lowest BCUT2D eigenvalue weighted by Crippen LogP contribution is -2.62. The first-order chi connectivity index (χ1) is 50.7. The predicted molar refractivity (Wildman–Crippen MR) is 415 cm³/mol. The Kier molecular flexibility index (Phi) is 24.6. The molecule has 8 heterocycles. The molecule has 0 saturated carbocycles. The summed E-state index contributed by atoms with van der Waals surface area (Å²) < 4.78 is 14.4. The quantitative estimate of drug-likeness (QED) is 0.0352. The Morgan fingerprint density at radius 2 is 1.00 bits per heavy atom. The average molecular weight is 1500 g/mol. The molecule has 2 unspecified atom stereocenters. The number of hydrogen-bond acceptors (Lipinski definition) is 15. The summed E-state index contributed by atoms with van der Waals surface area (Å²) in [4.78, 5) is 138. The number of nitrogens with one attached hydrogen (secondary N) is 5. The molecule has 568 valence electrons. The Hall–Kier alpha value is -10.4. The number of thiophene rings is 2. The van der Waals surface area contributed by atoms with E-state index in [4.69, 9.17) is 20.3 Å². The molecule has 8 N–H and O–H groups in total. The van der Waals surface area contributed by atoms with Gasteiger partial charge in [0, 0.05) is 93.5 Å². The van der Waals surface area contributed by atoms with E-state index in [2.05, 4.69) is 26.6 Å². The van der Waals surface area contributed by atoms with E-state index < -0.39 is 76.4 Å². The highest BCUT2D eigenvalue weighted by molar-refractivity contribution is 7.08. The fraction of sp³-hybridized carbons (Fsp3) is 0.425. The van der Waals surface area contributed by atoms with Crippen molar-refractivity contribution in [2.45, 2.75) is 193 Å². The van der Waals surface area contributed by atoms with Crippen LogP contribution in [0.5, 0.6) is 0 Å². The first kappa shape index (κ1) is 79.2. The number of hydrogen-bond donors (Lipinski definition) is 7. The molecule has 4 aromatic heterocycles. The van der Waals surface area contributed by atoms with E-state index in [0.29, 0.717) is 63.1 Å². The van der Waals surface area contributed by atoms with Gasteiger partial charge in [-0.3, -0.25) is 33.6 Å². The number of nitrogens with two attached hydrogens (primary N) is 1. The zero-order valence-electron chi connectivity index (χ0n) is 62.8. The number of carbonyl (C=O) groups excluding carboxylic acids is 9. The molecule has 107 heavy (non-hydrogen) atoms. The van der Waals surface area contributed by atoms with Crippen molar-refractivity contribution in [3.63, 3.8) is 0 Å². The van der Waals surface area contributed by atoms with Gasteiger partial charge in [0.25, 0.3) is 0 Å². The molecule has 8 aromatic rings. The van der Waals surface area contributed by atoms with Crippen LogP contribution in [-0.4, -0.2) is 133 Å². The van der Waals surface area contributed by atoms with Crippen molar-refractivity contribution in [2.75, 3.05) is 32.7 Å². The molecule has 2 fully saturated rings. The lowest BCUT2D eigenvalue weighted by Gasteiger charge is -2.38. The topological polar surface area (TPSA) is 318 Å². The molecular weight excluding hydrogens is 1400 g/mol. The van der Waals surface area contributed by atoms with Crippen LogP contribution in [0.2, 0.25) is 0 Å². The van der Waals surface area contributed by atoms with E-state index in [9.17, 15) is 47.9 Å². The number of ether oxygens (including phenoxy) is 2. The molecular formula is C80H98N12O13S2. The van der Waals surface area contributed by atoms with Gasteiger partial charge in [-0.05, 0) is 179 Å². The average Bonchev–Trinajstić information content (AvgIpc) is 1.65. The summed E-state index contributed by atoms with van der Waals surface area (Å²) in [5.41, 5.74) is 12.8. The Labute approximate surface area is 631 Å². The van der Waals surface area contributed by atoms with Crippen molar-refractivity contribution in [3.8, 4) is 0 Å². The number of carbonyl (C=O) groups is 10. The normalized spacial score (nSPS) is 17.5. The number of para-hydroxylation sites is 4.